The molecule has 0 radical (unpaired) electrons. The van der Waals surface area contributed by atoms with Gasteiger partial charge in [-0.3, -0.25) is 4.98 Å². The molecule has 0 atom stereocenters. The SMILES string of the molecule is Cc1nc(C)c(C)c(NC2CCC(Oc3cc(N4CCOCC4)cc4nccnc34)CC2)n1. The van der Waals surface area contributed by atoms with Crippen molar-refractivity contribution in [3.63, 3.8) is 0 Å². The Hall–Kier alpha value is -3.00. The zero-order valence-corrected chi connectivity index (χ0v) is 19.7. The molecule has 8 heteroatoms. The number of benzene rings is 1. The molecular formula is C25H32N6O2. The highest BCUT2D eigenvalue weighted by Gasteiger charge is 2.25. The highest BCUT2D eigenvalue weighted by molar-refractivity contribution is 5.85. The number of hydrogen-bond donors (Lipinski definition) is 1. The third-order valence-corrected chi connectivity index (χ3v) is 6.71. The molecular weight excluding hydrogens is 416 g/mol. The summed E-state index contributed by atoms with van der Waals surface area (Å²) in [4.78, 5) is 20.5. The molecule has 5 rings (SSSR count). The molecule has 174 valence electrons. The number of aryl methyl sites for hydroxylation is 2. The summed E-state index contributed by atoms with van der Waals surface area (Å²) in [6.07, 6.45) is 7.70. The molecule has 2 aliphatic rings. The van der Waals surface area contributed by atoms with Crippen molar-refractivity contribution in [1.29, 1.82) is 0 Å². The van der Waals surface area contributed by atoms with Gasteiger partial charge in [-0.25, -0.2) is 15.0 Å². The van der Waals surface area contributed by atoms with Crippen molar-refractivity contribution in [2.45, 2.75) is 58.6 Å². The third-order valence-electron chi connectivity index (χ3n) is 6.71. The molecule has 0 spiro atoms. The fourth-order valence-corrected chi connectivity index (χ4v) is 4.73. The first-order valence-corrected chi connectivity index (χ1v) is 11.9. The molecule has 1 aromatic carbocycles. The van der Waals surface area contributed by atoms with Gasteiger partial charge in [-0.1, -0.05) is 0 Å². The maximum atomic E-state index is 6.55. The zero-order valence-electron chi connectivity index (χ0n) is 19.7. The minimum Gasteiger partial charge on any atom is -0.488 e. The predicted molar refractivity (Wildman–Crippen MR) is 129 cm³/mol. The summed E-state index contributed by atoms with van der Waals surface area (Å²) >= 11 is 0. The Labute approximate surface area is 194 Å². The lowest BCUT2D eigenvalue weighted by molar-refractivity contribution is 0.122. The van der Waals surface area contributed by atoms with Crippen LogP contribution < -0.4 is 15.0 Å². The standard InChI is InChI=1S/C25H32N6O2/c1-16-17(2)28-18(3)29-25(16)30-19-4-6-21(7-5-19)33-23-15-20(31-10-12-32-13-11-31)14-22-24(23)27-9-8-26-22/h8-9,14-15,19,21H,4-7,10-13H2,1-3H3,(H,28,29,30). The summed E-state index contributed by atoms with van der Waals surface area (Å²) in [5, 5.41) is 3.65. The van der Waals surface area contributed by atoms with Crippen LogP contribution in [0.4, 0.5) is 11.5 Å². The first-order valence-electron chi connectivity index (χ1n) is 11.9. The predicted octanol–water partition coefficient (Wildman–Crippen LogP) is 3.98. The van der Waals surface area contributed by atoms with Crippen LogP contribution in [0.5, 0.6) is 5.75 Å². The zero-order chi connectivity index (χ0) is 22.8. The average molecular weight is 449 g/mol. The van der Waals surface area contributed by atoms with E-state index < -0.39 is 0 Å². The molecule has 1 aliphatic carbocycles. The highest BCUT2D eigenvalue weighted by Crippen LogP contribution is 2.33. The molecule has 0 bridgehead atoms. The normalized spacial score (nSPS) is 21.2. The molecule has 3 aromatic rings. The van der Waals surface area contributed by atoms with Gasteiger partial charge in [-0.2, -0.15) is 0 Å². The number of rotatable bonds is 5. The molecule has 0 unspecified atom stereocenters. The summed E-state index contributed by atoms with van der Waals surface area (Å²) < 4.78 is 12.1. The Morgan fingerprint density at radius 2 is 1.73 bits per heavy atom. The summed E-state index contributed by atoms with van der Waals surface area (Å²) in [5.41, 5.74) is 5.00. The van der Waals surface area contributed by atoms with Crippen LogP contribution in [0, 0.1) is 20.8 Å². The van der Waals surface area contributed by atoms with Crippen LogP contribution in [0.2, 0.25) is 0 Å². The second-order valence-electron chi connectivity index (χ2n) is 9.03. The van der Waals surface area contributed by atoms with Gasteiger partial charge in [0, 0.05) is 54.5 Å². The molecule has 2 fully saturated rings. The molecule has 2 aromatic heterocycles. The summed E-state index contributed by atoms with van der Waals surface area (Å²) in [6, 6.07) is 4.63. The second kappa shape index (κ2) is 9.47. The molecule has 8 nitrogen and oxygen atoms in total. The largest absolute Gasteiger partial charge is 0.488 e. The number of nitrogens with zero attached hydrogens (tertiary/aromatic N) is 5. The van der Waals surface area contributed by atoms with Crippen LogP contribution in [0.1, 0.15) is 42.8 Å². The molecule has 1 saturated carbocycles. The van der Waals surface area contributed by atoms with Crippen molar-refractivity contribution in [2.24, 2.45) is 0 Å². The molecule has 3 heterocycles. The summed E-state index contributed by atoms with van der Waals surface area (Å²) in [6.45, 7) is 9.32. The van der Waals surface area contributed by atoms with Gasteiger partial charge >= 0.3 is 0 Å². The minimum absolute atomic E-state index is 0.170. The molecule has 0 amide bonds. The first kappa shape index (κ1) is 21.8. The van der Waals surface area contributed by atoms with Crippen LogP contribution in [-0.4, -0.2) is 58.4 Å². The second-order valence-corrected chi connectivity index (χ2v) is 9.03. The van der Waals surface area contributed by atoms with Crippen molar-refractivity contribution >= 4 is 22.5 Å². The quantitative estimate of drug-likeness (QED) is 0.627. The Morgan fingerprint density at radius 1 is 0.970 bits per heavy atom. The first-order chi connectivity index (χ1) is 16.1. The summed E-state index contributed by atoms with van der Waals surface area (Å²) in [5.74, 6) is 2.60. The fraction of sp³-hybridized carbons (Fsp3) is 0.520. The van der Waals surface area contributed by atoms with Gasteiger partial charge in [0.1, 0.15) is 22.9 Å². The number of ether oxygens (including phenoxy) is 2. The minimum atomic E-state index is 0.170. The van der Waals surface area contributed by atoms with Crippen molar-refractivity contribution in [3.8, 4) is 5.75 Å². The lowest BCUT2D eigenvalue weighted by Gasteiger charge is -2.32. The fourth-order valence-electron chi connectivity index (χ4n) is 4.73. The van der Waals surface area contributed by atoms with Gasteiger partial charge in [0.25, 0.3) is 0 Å². The molecule has 1 saturated heterocycles. The lowest BCUT2D eigenvalue weighted by Crippen LogP contribution is -2.36. The van der Waals surface area contributed by atoms with E-state index in [1.807, 2.05) is 13.8 Å². The van der Waals surface area contributed by atoms with Crippen LogP contribution in [0.25, 0.3) is 11.0 Å². The monoisotopic (exact) mass is 448 g/mol. The Balaban J connectivity index is 1.28. The number of morpholine rings is 1. The van der Waals surface area contributed by atoms with Crippen molar-refractivity contribution < 1.29 is 9.47 Å². The van der Waals surface area contributed by atoms with Gasteiger partial charge in [0.15, 0.2) is 0 Å². The summed E-state index contributed by atoms with van der Waals surface area (Å²) in [7, 11) is 0. The van der Waals surface area contributed by atoms with E-state index in [1.54, 1.807) is 12.4 Å². The molecule has 33 heavy (non-hydrogen) atoms. The van der Waals surface area contributed by atoms with E-state index in [9.17, 15) is 0 Å². The van der Waals surface area contributed by atoms with Crippen molar-refractivity contribution in [1.82, 2.24) is 19.9 Å². The topological polar surface area (TPSA) is 85.3 Å². The van der Waals surface area contributed by atoms with Crippen LogP contribution in [0.3, 0.4) is 0 Å². The lowest BCUT2D eigenvalue weighted by atomic mass is 9.92. The van der Waals surface area contributed by atoms with Crippen LogP contribution in [0.15, 0.2) is 24.5 Å². The average Bonchev–Trinajstić information content (AvgIpc) is 2.84. The van der Waals surface area contributed by atoms with E-state index in [1.165, 1.54) is 0 Å². The van der Waals surface area contributed by atoms with E-state index in [2.05, 4.69) is 49.2 Å². The van der Waals surface area contributed by atoms with Gasteiger partial charge in [0.05, 0.1) is 24.8 Å². The van der Waals surface area contributed by atoms with Crippen molar-refractivity contribution in [3.05, 3.63) is 41.6 Å². The highest BCUT2D eigenvalue weighted by atomic mass is 16.5. The van der Waals surface area contributed by atoms with Gasteiger partial charge in [-0.05, 0) is 52.5 Å². The van der Waals surface area contributed by atoms with Gasteiger partial charge in [-0.15, -0.1) is 0 Å². The molecule has 1 N–H and O–H groups in total. The Kier molecular flexibility index (Phi) is 6.26. The third kappa shape index (κ3) is 4.85. The maximum Gasteiger partial charge on any atom is 0.149 e. The number of fused-ring (bicyclic) bond motifs is 1. The Bertz CT molecular complexity index is 1120. The van der Waals surface area contributed by atoms with Gasteiger partial charge < -0.3 is 19.7 Å². The van der Waals surface area contributed by atoms with E-state index in [-0.39, 0.29) is 6.10 Å². The molecule has 1 aliphatic heterocycles. The van der Waals surface area contributed by atoms with E-state index >= 15 is 0 Å². The number of aromatic nitrogens is 4. The van der Waals surface area contributed by atoms with Crippen LogP contribution in [-0.2, 0) is 4.74 Å². The Morgan fingerprint density at radius 3 is 2.52 bits per heavy atom. The van der Waals surface area contributed by atoms with Crippen LogP contribution >= 0.6 is 0 Å². The number of nitrogens with one attached hydrogen (secondary N) is 1. The van der Waals surface area contributed by atoms with E-state index in [0.29, 0.717) is 6.04 Å². The van der Waals surface area contributed by atoms with E-state index in [0.717, 1.165) is 97.4 Å². The smallest absolute Gasteiger partial charge is 0.149 e. The maximum absolute atomic E-state index is 6.55. The number of anilines is 2. The van der Waals surface area contributed by atoms with Crippen molar-refractivity contribution in [2.75, 3.05) is 36.5 Å². The van der Waals surface area contributed by atoms with Gasteiger partial charge in [0.2, 0.25) is 0 Å². The van der Waals surface area contributed by atoms with E-state index in [4.69, 9.17) is 9.47 Å². The number of hydrogen-bond acceptors (Lipinski definition) is 8.